The lowest BCUT2D eigenvalue weighted by molar-refractivity contribution is -0.149. The van der Waals surface area contributed by atoms with E-state index in [0.29, 0.717) is 64.2 Å². The molecule has 14 atom stereocenters. The summed E-state index contributed by atoms with van der Waals surface area (Å²) < 4.78 is 0. The molecule has 128 heavy (non-hydrogen) atoms. The van der Waals surface area contributed by atoms with Crippen molar-refractivity contribution in [3.8, 4) is 5.75 Å². The van der Waals surface area contributed by atoms with Gasteiger partial charge in [-0.1, -0.05) is 88.1 Å². The highest BCUT2D eigenvalue weighted by atomic mass is 32.2. The van der Waals surface area contributed by atoms with Gasteiger partial charge in [0.15, 0.2) is 0 Å². The highest BCUT2D eigenvalue weighted by molar-refractivity contribution is 8.00. The van der Waals surface area contributed by atoms with Gasteiger partial charge in [-0.25, -0.2) is 0 Å². The van der Waals surface area contributed by atoms with Gasteiger partial charge in [-0.15, -0.1) is 11.8 Å². The molecule has 4 fully saturated rings. The number of fused-ring (bicyclic) bond motifs is 5. The van der Waals surface area contributed by atoms with Crippen LogP contribution in [0.1, 0.15) is 140 Å². The summed E-state index contributed by atoms with van der Waals surface area (Å²) in [6.07, 6.45) is 3.26. The van der Waals surface area contributed by atoms with Crippen LogP contribution in [0.3, 0.4) is 0 Å². The summed E-state index contributed by atoms with van der Waals surface area (Å²) in [5.41, 5.74) is 32.0. The molecule has 2 aromatic heterocycles. The Hall–Kier alpha value is -12.7. The quantitative estimate of drug-likeness (QED) is 0.0303. The molecule has 0 radical (unpaired) electrons. The number of phenols is 1. The minimum absolute atomic E-state index is 0.0110. The third kappa shape index (κ3) is 26.5. The van der Waals surface area contributed by atoms with E-state index in [9.17, 15) is 62.6 Å². The van der Waals surface area contributed by atoms with E-state index in [2.05, 4.69) is 63.1 Å². The van der Waals surface area contributed by atoms with Gasteiger partial charge in [-0.2, -0.15) is 0 Å². The Morgan fingerprint density at radius 3 is 1.47 bits per heavy atom. The summed E-state index contributed by atoms with van der Waals surface area (Å²) in [5.74, 6) is -17.1. The fraction of sp³-hybridized carbons (Fsp3) is 0.535. The zero-order valence-electron chi connectivity index (χ0n) is 72.6. The molecule has 0 unspecified atom stereocenters. The Balaban J connectivity index is 1.07. The van der Waals surface area contributed by atoms with Gasteiger partial charge in [0, 0.05) is 106 Å². The number of primary amides is 3. The number of hydrogen-bond acceptors (Lipinski definition) is 22. The number of thioether (sulfide) groups is 1. The molecule has 9 rings (SSSR count). The van der Waals surface area contributed by atoms with E-state index in [4.69, 9.17) is 28.7 Å². The number of hydrogen-bond donors (Lipinski definition) is 18. The van der Waals surface area contributed by atoms with E-state index >= 15 is 28.8 Å². The number of likely N-dealkylation sites (N-methyl/N-ethyl adjacent to an activating group) is 2. The van der Waals surface area contributed by atoms with Crippen molar-refractivity contribution >= 4 is 140 Å². The summed E-state index contributed by atoms with van der Waals surface area (Å²) >= 11 is 0.800. The lowest BCUT2D eigenvalue weighted by atomic mass is 10.00. The fourth-order valence-electron chi connectivity index (χ4n) is 16.5. The number of H-pyrrole nitrogens is 2. The topological polar surface area (TPSA) is 626 Å². The van der Waals surface area contributed by atoms with Gasteiger partial charge < -0.3 is 121 Å². The normalized spacial score (nSPS) is 25.3. The molecule has 41 nitrogen and oxygen atoms in total. The molecule has 5 aromatic rings. The molecule has 0 spiro atoms. The van der Waals surface area contributed by atoms with Gasteiger partial charge in [-0.05, 0) is 119 Å². The molecule has 4 saturated heterocycles. The molecule has 18 amide bonds. The van der Waals surface area contributed by atoms with Crippen molar-refractivity contribution in [1.82, 2.24) is 87.6 Å². The number of nitrogens with two attached hydrogens (primary N) is 5. The van der Waals surface area contributed by atoms with Gasteiger partial charge in [0.25, 0.3) is 0 Å². The zero-order chi connectivity index (χ0) is 93.2. The number of amides is 18. The van der Waals surface area contributed by atoms with Crippen LogP contribution in [0.5, 0.6) is 5.75 Å². The van der Waals surface area contributed by atoms with Gasteiger partial charge in [0.2, 0.25) is 106 Å². The molecule has 0 saturated carbocycles. The number of benzene rings is 3. The summed E-state index contributed by atoms with van der Waals surface area (Å²) in [7, 11) is 2.76. The Morgan fingerprint density at radius 2 is 0.938 bits per heavy atom. The van der Waals surface area contributed by atoms with Crippen molar-refractivity contribution in [1.29, 1.82) is 0 Å². The second kappa shape index (κ2) is 47.2. The second-order valence-electron chi connectivity index (χ2n) is 32.7. The van der Waals surface area contributed by atoms with Crippen molar-refractivity contribution < 1.29 is 91.4 Å². The Labute approximate surface area is 743 Å². The van der Waals surface area contributed by atoms with Crippen LogP contribution in [-0.4, -0.2) is 295 Å². The van der Waals surface area contributed by atoms with Crippen LogP contribution in [0.2, 0.25) is 0 Å². The van der Waals surface area contributed by atoms with Crippen LogP contribution in [0.4, 0.5) is 0 Å². The number of carbonyl (C=O) groups excluding carboxylic acids is 18. The van der Waals surface area contributed by atoms with Crippen molar-refractivity contribution in [3.05, 3.63) is 102 Å². The standard InChI is InChI=1S/C86H120N22O19S/c1-6-8-21-64-78(119)95-47(3)73(114)103-63(74(115)94-44-71(91)112)45-128-46-72(113)96-59(37-48-26-28-51(109)29-27-48)84(125)107-35-15-24-66(107)80(121)101-61(40-70(90)111)85(126)108-36-16-25-67(108)81(122)102-62(41-88)77(118)98-57(30-31-69(89)110)83(124)106-34-14-23-65(106)79(120)99-58(38-49-42-92-54-19-12-10-17-52(49)54)76(117)97-56(32-33-87)75(116)100-60(39-50-43-93-55-20-13-11-18-53(50)55)82(123)105(5)68(22-9-7-2)86(127)104(64)4/h10-13,17-20,26-29,42-43,47,56-68,92-93,109H,6-9,14-16,21-25,30-41,44-46,87-88H2,1-5H3,(H2,89,110)(H2,90,111)(H2,91,112)(H,94,115)(H,95,119)(H,96,113)(H,97,117)(H,98,118)(H,99,120)(H,100,116)(H,101,121)(H,102,122)(H,103,114)/t47-,56-,57-,58-,59-,60-,61-,62-,63-,64-,65-,66-,67-,68-/m0/s1. The summed E-state index contributed by atoms with van der Waals surface area (Å²) in [5, 5.41) is 37.9. The Kier molecular flexibility index (Phi) is 36.5. The number of aromatic nitrogens is 2. The number of para-hydroxylation sites is 2. The number of nitrogens with zero attached hydrogens (tertiary/aromatic N) is 5. The van der Waals surface area contributed by atoms with Gasteiger partial charge >= 0.3 is 0 Å². The van der Waals surface area contributed by atoms with Crippen molar-refractivity contribution in [2.24, 2.45) is 28.7 Å². The SMILES string of the molecule is CCCC[C@H]1C(=O)N(C)[C@@H](CCCC)C(=O)N[C@@H](C)C(=O)N[C@H](C(=O)NCC(N)=O)CSCC(=O)N[C@@H](Cc2ccc(O)cc2)C(=O)N2CCC[C@H]2C(=O)N[C@@H](CC(N)=O)C(=O)N2CCC[C@H]2C(=O)N[C@@H](CN)C(=O)N[C@@H](CCC(N)=O)C(=O)N2CCC[C@H]2C(=O)N[C@@H](Cc2c[nH]c3ccccc23)C(=O)N[C@@H](CCN)C(=O)N[C@@H](Cc2c[nH]c3ccccc23)C(=O)N1C. The van der Waals surface area contributed by atoms with Gasteiger partial charge in [0.1, 0.15) is 90.3 Å². The molecule has 6 heterocycles. The van der Waals surface area contributed by atoms with E-state index in [1.165, 1.54) is 60.0 Å². The molecule has 4 aliphatic heterocycles. The van der Waals surface area contributed by atoms with Crippen molar-refractivity contribution in [2.45, 2.75) is 227 Å². The van der Waals surface area contributed by atoms with E-state index in [1.54, 1.807) is 54.9 Å². The maximum atomic E-state index is 15.7. The molecule has 23 N–H and O–H groups in total. The average molecular weight is 1800 g/mol. The molecule has 42 heteroatoms. The third-order valence-corrected chi connectivity index (χ3v) is 24.5. The summed E-state index contributed by atoms with van der Waals surface area (Å²) in [6.45, 7) is 3.27. The molecule has 0 aliphatic carbocycles. The van der Waals surface area contributed by atoms with Gasteiger partial charge in [-0.3, -0.25) is 86.3 Å². The Morgan fingerprint density at radius 1 is 0.469 bits per heavy atom. The molecule has 3 aromatic carbocycles. The number of carbonyl (C=O) groups is 18. The highest BCUT2D eigenvalue weighted by Crippen LogP contribution is 2.28. The Bertz CT molecular complexity index is 4870. The zero-order valence-corrected chi connectivity index (χ0v) is 73.4. The maximum Gasteiger partial charge on any atom is 0.246 e. The molecular formula is C86H120N22O19S. The number of nitrogens with one attached hydrogen (secondary N) is 12. The van der Waals surface area contributed by atoms with Crippen LogP contribution in [-0.2, 0) is 106 Å². The molecule has 4 aliphatic rings. The van der Waals surface area contributed by atoms with E-state index < -0.39 is 229 Å². The van der Waals surface area contributed by atoms with Crippen molar-refractivity contribution in [2.75, 3.05) is 64.9 Å². The lowest BCUT2D eigenvalue weighted by Gasteiger charge is -2.36. The molecular weight excluding hydrogens is 1680 g/mol. The first-order chi connectivity index (χ1) is 61.1. The summed E-state index contributed by atoms with van der Waals surface area (Å²) in [6, 6.07) is -0.704. The minimum Gasteiger partial charge on any atom is -0.508 e. The van der Waals surface area contributed by atoms with Crippen molar-refractivity contribution in [3.63, 3.8) is 0 Å². The third-order valence-electron chi connectivity index (χ3n) is 23.5. The van der Waals surface area contributed by atoms with Crippen LogP contribution in [0, 0.1) is 0 Å². The van der Waals surface area contributed by atoms with Crippen LogP contribution in [0.25, 0.3) is 21.8 Å². The number of phenolic OH excluding ortho intramolecular Hbond substituents is 1. The monoisotopic (exact) mass is 1800 g/mol. The minimum atomic E-state index is -1.74. The van der Waals surface area contributed by atoms with Crippen LogP contribution >= 0.6 is 11.8 Å². The maximum absolute atomic E-state index is 15.7. The molecule has 0 bridgehead atoms. The fourth-order valence-corrected chi connectivity index (χ4v) is 17.3. The number of rotatable bonds is 23. The average Bonchev–Trinajstić information content (AvgIpc) is 1.75. The number of aromatic amines is 2. The first-order valence-electron chi connectivity index (χ1n) is 43.3. The first-order valence-corrected chi connectivity index (χ1v) is 44.5. The van der Waals surface area contributed by atoms with E-state index in [1.807, 2.05) is 19.9 Å². The van der Waals surface area contributed by atoms with Crippen LogP contribution in [0.15, 0.2) is 85.2 Å². The van der Waals surface area contributed by atoms with E-state index in [0.717, 1.165) is 21.6 Å². The highest BCUT2D eigenvalue weighted by Gasteiger charge is 2.46. The van der Waals surface area contributed by atoms with Crippen LogP contribution < -0.4 is 81.8 Å². The van der Waals surface area contributed by atoms with Gasteiger partial charge in [0.05, 0.1) is 18.7 Å². The second-order valence-corrected chi connectivity index (χ2v) is 33.8. The first kappa shape index (κ1) is 99.1. The summed E-state index contributed by atoms with van der Waals surface area (Å²) in [4.78, 5) is 272. The van der Waals surface area contributed by atoms with E-state index in [-0.39, 0.29) is 115 Å². The predicted molar refractivity (Wildman–Crippen MR) is 470 cm³/mol. The largest absolute Gasteiger partial charge is 0.508 e. The smallest absolute Gasteiger partial charge is 0.246 e. The number of aromatic hydroxyl groups is 1. The number of unbranched alkanes of at least 4 members (excludes halogenated alkanes) is 2. The molecule has 694 valence electrons. The lowest BCUT2D eigenvalue weighted by Crippen LogP contribution is -2.61. The predicted octanol–water partition coefficient (Wildman–Crippen LogP) is -3.43.